The molecule has 164 valence electrons. The highest BCUT2D eigenvalue weighted by Crippen LogP contribution is 2.14. The second kappa shape index (κ2) is 16.5. The van der Waals surface area contributed by atoms with Crippen molar-refractivity contribution in [2.24, 2.45) is 0 Å². The molecule has 0 saturated heterocycles. The van der Waals surface area contributed by atoms with Gasteiger partial charge in [0.1, 0.15) is 0 Å². The second-order valence-corrected chi connectivity index (χ2v) is 6.34. The molecule has 6 nitrogen and oxygen atoms in total. The minimum atomic E-state index is -0.955. The van der Waals surface area contributed by atoms with Gasteiger partial charge in [0.05, 0.1) is 6.61 Å². The Hall–Kier alpha value is -3.41. The highest BCUT2D eigenvalue weighted by Gasteiger charge is 2.06. The largest absolute Gasteiger partial charge is 0.478 e. The summed E-state index contributed by atoms with van der Waals surface area (Å²) in [6, 6.07) is 7.55. The van der Waals surface area contributed by atoms with Crippen molar-refractivity contribution in [3.63, 3.8) is 0 Å². The van der Waals surface area contributed by atoms with E-state index in [1.165, 1.54) is 6.92 Å². The van der Waals surface area contributed by atoms with E-state index in [-0.39, 0.29) is 17.1 Å². The van der Waals surface area contributed by atoms with Crippen LogP contribution in [-0.4, -0.2) is 34.7 Å². The fourth-order valence-electron chi connectivity index (χ4n) is 1.63. The van der Waals surface area contributed by atoms with Crippen LogP contribution in [0.4, 0.5) is 0 Å². The number of carboxylic acids is 2. The van der Waals surface area contributed by atoms with Crippen LogP contribution < -0.4 is 0 Å². The number of unbranched alkanes of at least 4 members (excludes halogenated alkanes) is 1. The first-order valence-electron chi connectivity index (χ1n) is 9.30. The van der Waals surface area contributed by atoms with Crippen molar-refractivity contribution in [2.75, 3.05) is 6.61 Å². The Morgan fingerprint density at radius 1 is 1.00 bits per heavy atom. The summed E-state index contributed by atoms with van der Waals surface area (Å²) in [7, 11) is 0. The average molecular weight is 417 g/mol. The number of esters is 1. The number of carboxylic acid groups (broad SMARTS) is 2. The summed E-state index contributed by atoms with van der Waals surface area (Å²) in [4.78, 5) is 30.9. The maximum absolute atomic E-state index is 10.7. The summed E-state index contributed by atoms with van der Waals surface area (Å²) in [6.07, 6.45) is 4.05. The van der Waals surface area contributed by atoms with E-state index in [9.17, 15) is 14.4 Å². The van der Waals surface area contributed by atoms with Gasteiger partial charge in [-0.3, -0.25) is 0 Å². The van der Waals surface area contributed by atoms with E-state index < -0.39 is 11.9 Å². The van der Waals surface area contributed by atoms with Crippen LogP contribution >= 0.6 is 0 Å². The Balaban J connectivity index is 0. The van der Waals surface area contributed by atoms with Crippen LogP contribution in [0.25, 0.3) is 6.08 Å². The lowest BCUT2D eigenvalue weighted by atomic mass is 10.0. The van der Waals surface area contributed by atoms with Crippen molar-refractivity contribution >= 4 is 24.0 Å². The number of ether oxygens (including phenoxy) is 1. The number of rotatable bonds is 9. The molecule has 0 radical (unpaired) electrons. The standard InChI is InChI=1S/C12H12O2.C8H14O2.C4H6O2/c1-3-10-6-4-5-7-11(10)8-9(2)12(13)14;1-4-5-6-10-8(9)7(2)3;1-3(2)4(5)6/h3-7H,1-2,8H2,(H,13,14);2,4-6H2,1,3H3;1H2,2H3,(H,5,6). The molecule has 1 rings (SSSR count). The number of aliphatic carboxylic acids is 2. The number of hydrogen-bond donors (Lipinski definition) is 2. The fraction of sp³-hybridized carbons (Fsp3) is 0.292. The van der Waals surface area contributed by atoms with Gasteiger partial charge in [-0.05, 0) is 31.4 Å². The molecule has 0 unspecified atom stereocenters. The van der Waals surface area contributed by atoms with E-state index in [0.29, 0.717) is 18.6 Å². The van der Waals surface area contributed by atoms with E-state index in [1.807, 2.05) is 24.3 Å². The third-order valence-electron chi connectivity index (χ3n) is 3.43. The quantitative estimate of drug-likeness (QED) is 0.331. The predicted octanol–water partition coefficient (Wildman–Crippen LogP) is 5.07. The Morgan fingerprint density at radius 3 is 1.93 bits per heavy atom. The van der Waals surface area contributed by atoms with Gasteiger partial charge in [0.25, 0.3) is 0 Å². The van der Waals surface area contributed by atoms with Crippen LogP contribution in [0.5, 0.6) is 0 Å². The molecule has 0 bridgehead atoms. The zero-order valence-electron chi connectivity index (χ0n) is 18.1. The van der Waals surface area contributed by atoms with Gasteiger partial charge in [-0.25, -0.2) is 14.4 Å². The molecule has 1 aromatic carbocycles. The van der Waals surface area contributed by atoms with Crippen LogP contribution in [0.2, 0.25) is 0 Å². The summed E-state index contributed by atoms with van der Waals surface area (Å²) in [5, 5.41) is 16.6. The Kier molecular flexibility index (Phi) is 15.9. The third-order valence-corrected chi connectivity index (χ3v) is 3.43. The molecule has 0 heterocycles. The van der Waals surface area contributed by atoms with Crippen molar-refractivity contribution in [3.8, 4) is 0 Å². The van der Waals surface area contributed by atoms with Crippen molar-refractivity contribution in [1.29, 1.82) is 0 Å². The molecule has 0 fully saturated rings. The predicted molar refractivity (Wildman–Crippen MR) is 120 cm³/mol. The molecule has 0 aliphatic carbocycles. The molecule has 0 aliphatic rings. The van der Waals surface area contributed by atoms with E-state index in [1.54, 1.807) is 13.0 Å². The van der Waals surface area contributed by atoms with Gasteiger partial charge in [-0.1, -0.05) is 70.0 Å². The molecule has 0 aliphatic heterocycles. The number of carbonyl (C=O) groups excluding carboxylic acids is 1. The van der Waals surface area contributed by atoms with Crippen LogP contribution in [0.3, 0.4) is 0 Å². The minimum absolute atomic E-state index is 0.176. The van der Waals surface area contributed by atoms with Crippen LogP contribution in [0, 0.1) is 0 Å². The Bertz CT molecular complexity index is 762. The first kappa shape index (κ1) is 28.8. The summed E-state index contributed by atoms with van der Waals surface area (Å²) in [5.41, 5.74) is 2.73. The van der Waals surface area contributed by atoms with Gasteiger partial charge in [-0.15, -0.1) is 0 Å². The van der Waals surface area contributed by atoms with Crippen molar-refractivity contribution in [2.45, 2.75) is 40.0 Å². The monoisotopic (exact) mass is 416 g/mol. The molecular formula is C24H32O6. The van der Waals surface area contributed by atoms with Gasteiger partial charge in [-0.2, -0.15) is 0 Å². The number of carbonyl (C=O) groups is 3. The molecule has 0 amide bonds. The molecule has 0 spiro atoms. The summed E-state index contributed by atoms with van der Waals surface area (Å²) >= 11 is 0. The number of benzene rings is 1. The topological polar surface area (TPSA) is 101 Å². The highest BCUT2D eigenvalue weighted by atomic mass is 16.5. The average Bonchev–Trinajstić information content (AvgIpc) is 2.69. The smallest absolute Gasteiger partial charge is 0.333 e. The van der Waals surface area contributed by atoms with Crippen molar-refractivity contribution < 1.29 is 29.3 Å². The van der Waals surface area contributed by atoms with Gasteiger partial charge >= 0.3 is 17.9 Å². The Labute approximate surface area is 178 Å². The second-order valence-electron chi connectivity index (χ2n) is 6.34. The van der Waals surface area contributed by atoms with Gasteiger partial charge in [0.15, 0.2) is 0 Å². The molecule has 2 N–H and O–H groups in total. The maximum Gasteiger partial charge on any atom is 0.333 e. The maximum atomic E-state index is 10.7. The van der Waals surface area contributed by atoms with Gasteiger partial charge in [0.2, 0.25) is 0 Å². The lowest BCUT2D eigenvalue weighted by Gasteiger charge is -2.04. The first-order valence-corrected chi connectivity index (χ1v) is 9.30. The minimum Gasteiger partial charge on any atom is -0.478 e. The molecule has 0 atom stereocenters. The summed E-state index contributed by atoms with van der Waals surface area (Å²) in [6.45, 7) is 19.4. The van der Waals surface area contributed by atoms with Crippen molar-refractivity contribution in [3.05, 3.63) is 78.4 Å². The van der Waals surface area contributed by atoms with Crippen molar-refractivity contribution in [1.82, 2.24) is 0 Å². The zero-order valence-corrected chi connectivity index (χ0v) is 18.1. The van der Waals surface area contributed by atoms with E-state index >= 15 is 0 Å². The lowest BCUT2D eigenvalue weighted by Crippen LogP contribution is -2.05. The summed E-state index contributed by atoms with van der Waals surface area (Å²) < 4.78 is 4.81. The van der Waals surface area contributed by atoms with Gasteiger partial charge < -0.3 is 14.9 Å². The van der Waals surface area contributed by atoms with E-state index in [4.69, 9.17) is 14.9 Å². The van der Waals surface area contributed by atoms with Crippen LogP contribution in [0.15, 0.2) is 67.3 Å². The zero-order chi connectivity index (χ0) is 23.7. The SMILES string of the molecule is C=C(C)C(=O)O.C=C(C)C(=O)OCCCC.C=Cc1ccccc1CC(=C)C(=O)O. The van der Waals surface area contributed by atoms with Gasteiger partial charge in [0, 0.05) is 23.1 Å². The third kappa shape index (κ3) is 14.6. The molecule has 1 aromatic rings. The molecule has 30 heavy (non-hydrogen) atoms. The van der Waals surface area contributed by atoms with E-state index in [2.05, 4.69) is 33.2 Å². The molecule has 0 saturated carbocycles. The normalized spacial score (nSPS) is 8.90. The lowest BCUT2D eigenvalue weighted by molar-refractivity contribution is -0.139. The van der Waals surface area contributed by atoms with E-state index in [0.717, 1.165) is 24.0 Å². The Morgan fingerprint density at radius 2 is 1.53 bits per heavy atom. The molecule has 0 aromatic heterocycles. The first-order chi connectivity index (χ1) is 14.0. The van der Waals surface area contributed by atoms with Crippen LogP contribution in [0.1, 0.15) is 44.7 Å². The summed E-state index contributed by atoms with van der Waals surface area (Å²) in [5.74, 6) is -2.17. The van der Waals surface area contributed by atoms with Crippen LogP contribution in [-0.2, 0) is 25.5 Å². The fourth-order valence-corrected chi connectivity index (χ4v) is 1.63. The molecule has 6 heteroatoms. The molecular weight excluding hydrogens is 384 g/mol. The highest BCUT2D eigenvalue weighted by molar-refractivity contribution is 5.87. The number of hydrogen-bond acceptors (Lipinski definition) is 4.